The number of rotatable bonds is 11. The lowest BCUT2D eigenvalue weighted by Gasteiger charge is -2.19. The van der Waals surface area contributed by atoms with Gasteiger partial charge in [0.1, 0.15) is 12.3 Å². The number of nitrogens with one attached hydrogen (secondary N) is 2. The Hall–Kier alpha value is -1.32. The molecule has 5 atom stereocenters. The molecule has 0 bridgehead atoms. The van der Waals surface area contributed by atoms with Crippen LogP contribution in [0.3, 0.4) is 0 Å². The van der Waals surface area contributed by atoms with Crippen LogP contribution < -0.4 is 11.2 Å². The van der Waals surface area contributed by atoms with Crippen molar-refractivity contribution in [1.29, 1.82) is 5.41 Å². The van der Waals surface area contributed by atoms with Crippen LogP contribution in [0.25, 0.3) is 0 Å². The maximum atomic E-state index is 12.1. The topological polar surface area (TPSA) is 268 Å². The predicted molar refractivity (Wildman–Crippen MR) is 103 cm³/mol. The lowest BCUT2D eigenvalue weighted by molar-refractivity contribution is -0.0450. The molecule has 0 saturated carbocycles. The molecule has 0 aromatic carbocycles. The zero-order chi connectivity index (χ0) is 24.3. The predicted octanol–water partition coefficient (Wildman–Crippen LogP) is -0.890. The number of ether oxygens (including phenoxy) is 1. The van der Waals surface area contributed by atoms with Crippen LogP contribution >= 0.6 is 23.5 Å². The minimum absolute atomic E-state index is 0.157. The van der Waals surface area contributed by atoms with E-state index in [9.17, 15) is 33.3 Å². The van der Waals surface area contributed by atoms with Crippen molar-refractivity contribution in [3.63, 3.8) is 0 Å². The standard InChI is InChI=1S/C12H20N3O14P3/c13-3-1-2-7-5-15(12(18)14-11(7)17)10-4-8(16)9(27-10)6-26-31(22,23)29-32(24,25)28-30(19,20)21/h3,5,8-10,13,16H,1-2,4,6H2,(H,22,23)(H,24,25)(H,14,17,18)(H2,19,20,21)/t8-,9+,10+/m0/s1. The van der Waals surface area contributed by atoms with Crippen molar-refractivity contribution in [3.8, 4) is 0 Å². The number of nitrogens with zero attached hydrogens (tertiary/aromatic N) is 1. The number of phosphoric ester groups is 1. The van der Waals surface area contributed by atoms with E-state index in [-0.39, 0.29) is 24.8 Å². The Morgan fingerprint density at radius 3 is 2.44 bits per heavy atom. The fourth-order valence-corrected chi connectivity index (χ4v) is 5.68. The van der Waals surface area contributed by atoms with Crippen LogP contribution in [0.4, 0.5) is 0 Å². The Labute approximate surface area is 178 Å². The van der Waals surface area contributed by atoms with Crippen LogP contribution in [0, 0.1) is 5.41 Å². The average Bonchev–Trinajstić information content (AvgIpc) is 2.97. The number of aliphatic hydroxyl groups is 1. The van der Waals surface area contributed by atoms with E-state index in [4.69, 9.17) is 24.8 Å². The monoisotopic (exact) mass is 523 g/mol. The molecule has 32 heavy (non-hydrogen) atoms. The number of aliphatic hydroxyl groups excluding tert-OH is 1. The molecule has 1 aromatic rings. The number of phosphoric acid groups is 3. The molecule has 2 unspecified atom stereocenters. The molecule has 1 fully saturated rings. The molecule has 0 radical (unpaired) electrons. The van der Waals surface area contributed by atoms with E-state index in [0.29, 0.717) is 0 Å². The largest absolute Gasteiger partial charge is 0.490 e. The van der Waals surface area contributed by atoms with Gasteiger partial charge in [-0.05, 0) is 19.1 Å². The van der Waals surface area contributed by atoms with E-state index in [1.165, 1.54) is 6.20 Å². The van der Waals surface area contributed by atoms with Crippen molar-refractivity contribution in [2.45, 2.75) is 37.7 Å². The molecule has 1 aliphatic rings. The molecule has 17 nitrogen and oxygen atoms in total. The summed E-state index contributed by atoms with van der Waals surface area (Å²) >= 11 is 0. The molecule has 2 rings (SSSR count). The normalized spacial score (nSPS) is 25.2. The molecule has 0 aliphatic carbocycles. The Morgan fingerprint density at radius 2 is 1.84 bits per heavy atom. The van der Waals surface area contributed by atoms with Crippen LogP contribution in [-0.2, 0) is 38.0 Å². The van der Waals surface area contributed by atoms with E-state index in [1.54, 1.807) is 0 Å². The van der Waals surface area contributed by atoms with Crippen molar-refractivity contribution in [2.24, 2.45) is 0 Å². The molecule has 182 valence electrons. The second kappa shape index (κ2) is 10.3. The molecule has 1 aliphatic heterocycles. The van der Waals surface area contributed by atoms with Gasteiger partial charge in [-0.3, -0.25) is 18.9 Å². The molecule has 20 heteroatoms. The number of hydrogen-bond donors (Lipinski definition) is 7. The lowest BCUT2D eigenvalue weighted by Crippen LogP contribution is -2.34. The number of hydrogen-bond acceptors (Lipinski definition) is 11. The first kappa shape index (κ1) is 26.9. The van der Waals surface area contributed by atoms with Gasteiger partial charge in [0, 0.05) is 18.2 Å². The Bertz CT molecular complexity index is 1090. The van der Waals surface area contributed by atoms with Gasteiger partial charge in [0.05, 0.1) is 12.7 Å². The Kier molecular flexibility index (Phi) is 8.67. The third-order valence-corrected chi connectivity index (χ3v) is 7.73. The van der Waals surface area contributed by atoms with Crippen LogP contribution in [0.1, 0.15) is 24.6 Å². The second-order valence-corrected chi connectivity index (χ2v) is 10.8. The van der Waals surface area contributed by atoms with Crippen LogP contribution in [0.2, 0.25) is 0 Å². The fourth-order valence-electron chi connectivity index (χ4n) is 2.65. The fraction of sp³-hybridized carbons (Fsp3) is 0.583. The third kappa shape index (κ3) is 7.92. The van der Waals surface area contributed by atoms with Gasteiger partial charge in [0.25, 0.3) is 5.56 Å². The first-order valence-corrected chi connectivity index (χ1v) is 13.1. The molecular weight excluding hydrogens is 503 g/mol. The van der Waals surface area contributed by atoms with Gasteiger partial charge >= 0.3 is 29.2 Å². The van der Waals surface area contributed by atoms with Gasteiger partial charge in [-0.15, -0.1) is 0 Å². The molecule has 1 aromatic heterocycles. The first-order valence-electron chi connectivity index (χ1n) is 8.57. The summed E-state index contributed by atoms with van der Waals surface area (Å²) in [6.07, 6.45) is -1.37. The summed E-state index contributed by atoms with van der Waals surface area (Å²) in [5.41, 5.74) is -1.35. The molecule has 2 heterocycles. The SMILES string of the molecule is N=CCCc1cn([C@H]2C[C@H](O)[C@@H](COP(=O)(O)OP(=O)(O)OP(=O)(O)O)O2)c(=O)[nH]c1=O. The minimum Gasteiger partial charge on any atom is -0.390 e. The van der Waals surface area contributed by atoms with Crippen LogP contribution in [0.15, 0.2) is 15.8 Å². The first-order chi connectivity index (χ1) is 14.6. The number of aromatic amines is 1. The molecule has 1 saturated heterocycles. The highest BCUT2D eigenvalue weighted by molar-refractivity contribution is 7.66. The summed E-state index contributed by atoms with van der Waals surface area (Å²) in [7, 11) is -16.7. The maximum Gasteiger partial charge on any atom is 0.490 e. The smallest absolute Gasteiger partial charge is 0.390 e. The molecular formula is C12H20N3O14P3. The van der Waals surface area contributed by atoms with Crippen molar-refractivity contribution in [1.82, 2.24) is 9.55 Å². The van der Waals surface area contributed by atoms with Crippen molar-refractivity contribution in [2.75, 3.05) is 6.61 Å². The third-order valence-electron chi connectivity index (χ3n) is 3.93. The second-order valence-electron chi connectivity index (χ2n) is 6.38. The average molecular weight is 523 g/mol. The van der Waals surface area contributed by atoms with Crippen molar-refractivity contribution < 1.29 is 56.3 Å². The summed E-state index contributed by atoms with van der Waals surface area (Å²) < 4.78 is 51.6. The zero-order valence-corrected chi connectivity index (χ0v) is 18.6. The van der Waals surface area contributed by atoms with E-state index < -0.39 is 59.8 Å². The highest BCUT2D eigenvalue weighted by atomic mass is 31.3. The number of aryl methyl sites for hydroxylation is 1. The highest BCUT2D eigenvalue weighted by Gasteiger charge is 2.43. The van der Waals surface area contributed by atoms with E-state index in [1.807, 2.05) is 0 Å². The summed E-state index contributed by atoms with van der Waals surface area (Å²) in [4.78, 5) is 61.5. The number of aromatic nitrogens is 2. The lowest BCUT2D eigenvalue weighted by atomic mass is 10.2. The summed E-state index contributed by atoms with van der Waals surface area (Å²) in [5.74, 6) is 0. The van der Waals surface area contributed by atoms with Crippen LogP contribution in [0.5, 0.6) is 0 Å². The van der Waals surface area contributed by atoms with Gasteiger partial charge in [0.2, 0.25) is 0 Å². The van der Waals surface area contributed by atoms with Gasteiger partial charge in [0.15, 0.2) is 0 Å². The van der Waals surface area contributed by atoms with Gasteiger partial charge < -0.3 is 34.8 Å². The minimum atomic E-state index is -5.70. The van der Waals surface area contributed by atoms with E-state index >= 15 is 0 Å². The van der Waals surface area contributed by atoms with Gasteiger partial charge in [-0.1, -0.05) is 0 Å². The molecule has 0 amide bonds. The quantitative estimate of drug-likeness (QED) is 0.137. The zero-order valence-electron chi connectivity index (χ0n) is 15.9. The number of H-pyrrole nitrogens is 1. The van der Waals surface area contributed by atoms with Crippen molar-refractivity contribution >= 4 is 29.7 Å². The summed E-state index contributed by atoms with van der Waals surface area (Å²) in [6.45, 7) is -0.903. The molecule has 7 N–H and O–H groups in total. The Morgan fingerprint density at radius 1 is 1.19 bits per heavy atom. The van der Waals surface area contributed by atoms with Gasteiger partial charge in [-0.25, -0.2) is 18.5 Å². The van der Waals surface area contributed by atoms with Crippen LogP contribution in [-0.4, -0.2) is 59.3 Å². The highest BCUT2D eigenvalue weighted by Crippen LogP contribution is 2.66. The summed E-state index contributed by atoms with van der Waals surface area (Å²) in [5, 5.41) is 17.1. The van der Waals surface area contributed by atoms with E-state index in [2.05, 4.69) is 18.1 Å². The maximum absolute atomic E-state index is 12.1. The Balaban J connectivity index is 2.06. The summed E-state index contributed by atoms with van der Waals surface area (Å²) in [6, 6.07) is 0. The molecule has 0 spiro atoms. The van der Waals surface area contributed by atoms with Gasteiger partial charge in [-0.2, -0.15) is 8.62 Å². The van der Waals surface area contributed by atoms with E-state index in [0.717, 1.165) is 10.8 Å². The van der Waals surface area contributed by atoms with Crippen molar-refractivity contribution in [3.05, 3.63) is 32.6 Å².